The Kier molecular flexibility index (Phi) is 9.58. The number of nitrogens with zero attached hydrogens (tertiary/aromatic N) is 3. The summed E-state index contributed by atoms with van der Waals surface area (Å²) in [6.45, 7) is 8.82. The van der Waals surface area contributed by atoms with Crippen molar-refractivity contribution in [1.82, 2.24) is 14.7 Å². The molecule has 1 aromatic rings. The molecule has 5 heteroatoms. The van der Waals surface area contributed by atoms with Gasteiger partial charge in [-0.3, -0.25) is 9.59 Å². The van der Waals surface area contributed by atoms with E-state index in [1.54, 1.807) is 0 Å². The maximum atomic E-state index is 12.9. The van der Waals surface area contributed by atoms with Crippen molar-refractivity contribution in [3.05, 3.63) is 35.9 Å². The molecule has 178 valence electrons. The maximum absolute atomic E-state index is 12.9. The first-order valence-corrected chi connectivity index (χ1v) is 12.8. The predicted molar refractivity (Wildman–Crippen MR) is 130 cm³/mol. The van der Waals surface area contributed by atoms with Crippen LogP contribution in [0.3, 0.4) is 0 Å². The van der Waals surface area contributed by atoms with Gasteiger partial charge < -0.3 is 14.7 Å². The van der Waals surface area contributed by atoms with Crippen LogP contribution in [0.2, 0.25) is 0 Å². The highest BCUT2D eigenvalue weighted by atomic mass is 16.2. The Balaban J connectivity index is 1.41. The number of hydrogen-bond donors (Lipinski definition) is 0. The highest BCUT2D eigenvalue weighted by molar-refractivity contribution is 5.79. The molecule has 2 aliphatic heterocycles. The third kappa shape index (κ3) is 6.57. The van der Waals surface area contributed by atoms with Gasteiger partial charge in [-0.1, -0.05) is 57.0 Å². The van der Waals surface area contributed by atoms with Crippen LogP contribution in [0.5, 0.6) is 0 Å². The van der Waals surface area contributed by atoms with E-state index in [1.807, 2.05) is 30.1 Å². The zero-order valence-corrected chi connectivity index (χ0v) is 20.5. The van der Waals surface area contributed by atoms with Gasteiger partial charge in [-0.25, -0.2) is 0 Å². The molecular formula is C27H43N3O2. The van der Waals surface area contributed by atoms with E-state index in [-0.39, 0.29) is 17.7 Å². The number of benzene rings is 1. The number of unbranched alkanes of at least 4 members (excludes halogenated alkanes) is 1. The van der Waals surface area contributed by atoms with Crippen LogP contribution in [-0.4, -0.2) is 65.8 Å². The van der Waals surface area contributed by atoms with Crippen molar-refractivity contribution in [2.45, 2.75) is 77.8 Å². The van der Waals surface area contributed by atoms with Crippen LogP contribution in [0, 0.1) is 11.8 Å². The summed E-state index contributed by atoms with van der Waals surface area (Å²) in [4.78, 5) is 32.4. The third-order valence-corrected chi connectivity index (χ3v) is 7.56. The van der Waals surface area contributed by atoms with Gasteiger partial charge >= 0.3 is 0 Å². The van der Waals surface area contributed by atoms with Gasteiger partial charge in [0.15, 0.2) is 0 Å². The molecule has 0 unspecified atom stereocenters. The molecule has 3 rings (SSSR count). The molecule has 5 nitrogen and oxygen atoms in total. The van der Waals surface area contributed by atoms with E-state index in [4.69, 9.17) is 0 Å². The third-order valence-electron chi connectivity index (χ3n) is 7.56. The van der Waals surface area contributed by atoms with E-state index >= 15 is 0 Å². The molecule has 1 atom stereocenters. The summed E-state index contributed by atoms with van der Waals surface area (Å²) in [6, 6.07) is 10.8. The van der Waals surface area contributed by atoms with E-state index in [1.165, 1.54) is 5.56 Å². The van der Waals surface area contributed by atoms with Crippen LogP contribution in [0.15, 0.2) is 30.3 Å². The molecule has 2 aliphatic rings. The molecule has 0 N–H and O–H groups in total. The van der Waals surface area contributed by atoms with Crippen LogP contribution in [0.4, 0.5) is 0 Å². The van der Waals surface area contributed by atoms with Crippen molar-refractivity contribution in [3.63, 3.8) is 0 Å². The molecule has 0 aliphatic carbocycles. The van der Waals surface area contributed by atoms with Crippen LogP contribution >= 0.6 is 0 Å². The first-order valence-electron chi connectivity index (χ1n) is 12.8. The van der Waals surface area contributed by atoms with Crippen LogP contribution in [-0.2, 0) is 16.1 Å². The molecule has 2 fully saturated rings. The van der Waals surface area contributed by atoms with E-state index in [9.17, 15) is 9.59 Å². The molecule has 0 bridgehead atoms. The number of carbonyl (C=O) groups is 2. The molecule has 0 radical (unpaired) electrons. The largest absolute Gasteiger partial charge is 0.342 e. The number of likely N-dealkylation sites (tertiary alicyclic amines) is 2. The standard InChI is InChI=1S/C27H43N3O2/c1-4-6-12-23(5-2)27(32)30-19-15-25(16-20-30)29-17-13-24(14-18-29)26(31)28(3)21-22-10-8-7-9-11-22/h7-11,23-25H,4-6,12-21H2,1-3H3/t23-/m1/s1. The second kappa shape index (κ2) is 12.4. The lowest BCUT2D eigenvalue weighted by Crippen LogP contribution is -2.51. The van der Waals surface area contributed by atoms with E-state index in [2.05, 4.69) is 35.8 Å². The summed E-state index contributed by atoms with van der Waals surface area (Å²) in [5, 5.41) is 0. The Morgan fingerprint density at radius 2 is 1.66 bits per heavy atom. The van der Waals surface area contributed by atoms with Gasteiger partial charge in [0, 0.05) is 44.6 Å². The SMILES string of the molecule is CCCC[C@@H](CC)C(=O)N1CCC(N2CCC(C(=O)N(C)Cc3ccccc3)CC2)CC1. The molecule has 1 aromatic carbocycles. The summed E-state index contributed by atoms with van der Waals surface area (Å²) >= 11 is 0. The monoisotopic (exact) mass is 441 g/mol. The highest BCUT2D eigenvalue weighted by Crippen LogP contribution is 2.26. The molecular weight excluding hydrogens is 398 g/mol. The summed E-state index contributed by atoms with van der Waals surface area (Å²) in [6.07, 6.45) is 8.34. The fraction of sp³-hybridized carbons (Fsp3) is 0.704. The van der Waals surface area contributed by atoms with Crippen LogP contribution in [0.1, 0.15) is 70.8 Å². The van der Waals surface area contributed by atoms with E-state index in [0.29, 0.717) is 18.5 Å². The van der Waals surface area contributed by atoms with E-state index in [0.717, 1.165) is 77.5 Å². The van der Waals surface area contributed by atoms with Crippen molar-refractivity contribution in [3.8, 4) is 0 Å². The Morgan fingerprint density at radius 1 is 1.00 bits per heavy atom. The molecule has 2 saturated heterocycles. The maximum Gasteiger partial charge on any atom is 0.225 e. The number of rotatable bonds is 9. The predicted octanol–water partition coefficient (Wildman–Crippen LogP) is 4.56. The van der Waals surface area contributed by atoms with Gasteiger partial charge in [-0.05, 0) is 57.2 Å². The van der Waals surface area contributed by atoms with Gasteiger partial charge in [-0.15, -0.1) is 0 Å². The fourth-order valence-corrected chi connectivity index (χ4v) is 5.42. The minimum atomic E-state index is 0.144. The fourth-order valence-electron chi connectivity index (χ4n) is 5.42. The van der Waals surface area contributed by atoms with Crippen LogP contribution < -0.4 is 0 Å². The van der Waals surface area contributed by atoms with Gasteiger partial charge in [0.25, 0.3) is 0 Å². The van der Waals surface area contributed by atoms with Crippen molar-refractivity contribution in [2.75, 3.05) is 33.2 Å². The minimum Gasteiger partial charge on any atom is -0.342 e. The van der Waals surface area contributed by atoms with Crippen LogP contribution in [0.25, 0.3) is 0 Å². The lowest BCUT2D eigenvalue weighted by Gasteiger charge is -2.42. The zero-order valence-electron chi connectivity index (χ0n) is 20.5. The Morgan fingerprint density at radius 3 is 2.25 bits per heavy atom. The quantitative estimate of drug-likeness (QED) is 0.564. The first-order chi connectivity index (χ1) is 15.5. The van der Waals surface area contributed by atoms with Crippen molar-refractivity contribution < 1.29 is 9.59 Å². The second-order valence-corrected chi connectivity index (χ2v) is 9.79. The normalized spacial score (nSPS) is 19.7. The number of piperidine rings is 2. The average Bonchev–Trinajstić information content (AvgIpc) is 2.84. The molecule has 2 amide bonds. The molecule has 0 spiro atoms. The second-order valence-electron chi connectivity index (χ2n) is 9.79. The Labute approximate surface area is 195 Å². The summed E-state index contributed by atoms with van der Waals surface area (Å²) < 4.78 is 0. The minimum absolute atomic E-state index is 0.144. The topological polar surface area (TPSA) is 43.9 Å². The van der Waals surface area contributed by atoms with Gasteiger partial charge in [0.2, 0.25) is 11.8 Å². The molecule has 0 aromatic heterocycles. The number of hydrogen-bond acceptors (Lipinski definition) is 3. The number of carbonyl (C=O) groups excluding carboxylic acids is 2. The Hall–Kier alpha value is -1.88. The number of amides is 2. The lowest BCUT2D eigenvalue weighted by atomic mass is 9.91. The van der Waals surface area contributed by atoms with E-state index < -0.39 is 0 Å². The summed E-state index contributed by atoms with van der Waals surface area (Å²) in [5.41, 5.74) is 1.18. The van der Waals surface area contributed by atoms with Gasteiger partial charge in [-0.2, -0.15) is 0 Å². The van der Waals surface area contributed by atoms with Crippen molar-refractivity contribution in [1.29, 1.82) is 0 Å². The highest BCUT2D eigenvalue weighted by Gasteiger charge is 2.33. The zero-order chi connectivity index (χ0) is 22.9. The first kappa shape index (κ1) is 24.8. The summed E-state index contributed by atoms with van der Waals surface area (Å²) in [7, 11) is 1.93. The van der Waals surface area contributed by atoms with Gasteiger partial charge in [0.1, 0.15) is 0 Å². The average molecular weight is 442 g/mol. The lowest BCUT2D eigenvalue weighted by molar-refractivity contribution is -0.139. The van der Waals surface area contributed by atoms with Crippen molar-refractivity contribution in [2.24, 2.45) is 11.8 Å². The molecule has 32 heavy (non-hydrogen) atoms. The van der Waals surface area contributed by atoms with Crippen molar-refractivity contribution >= 4 is 11.8 Å². The van der Waals surface area contributed by atoms with Gasteiger partial charge in [0.05, 0.1) is 0 Å². The Bertz CT molecular complexity index is 707. The molecule has 2 heterocycles. The smallest absolute Gasteiger partial charge is 0.225 e. The summed E-state index contributed by atoms with van der Waals surface area (Å²) in [5.74, 6) is 1.02. The molecule has 0 saturated carbocycles.